The van der Waals surface area contributed by atoms with Crippen molar-refractivity contribution < 1.29 is 0 Å². The Morgan fingerprint density at radius 1 is 1.08 bits per heavy atom. The van der Waals surface area contributed by atoms with Crippen molar-refractivity contribution in [3.8, 4) is 11.4 Å². The van der Waals surface area contributed by atoms with Crippen LogP contribution in [-0.2, 0) is 13.1 Å². The van der Waals surface area contributed by atoms with Crippen molar-refractivity contribution in [2.45, 2.75) is 46.7 Å². The molecule has 0 unspecified atom stereocenters. The molecule has 8 heteroatoms. The van der Waals surface area contributed by atoms with Crippen LogP contribution < -0.4 is 16.6 Å². The highest BCUT2D eigenvalue weighted by Gasteiger charge is 2.17. The molecule has 0 saturated carbocycles. The molecular weight excluding hydrogens is 332 g/mol. The summed E-state index contributed by atoms with van der Waals surface area (Å²) in [6.07, 6.45) is 3.19. The predicted molar refractivity (Wildman–Crippen MR) is 103 cm³/mol. The SMILES string of the molecule is CCCn1c(=O)c2[nH]c(-c3ccc(NCC)nc3)nc2n(CCC)c1=O. The summed E-state index contributed by atoms with van der Waals surface area (Å²) >= 11 is 0. The fraction of sp³-hybridized carbons (Fsp3) is 0.444. The molecule has 0 saturated heterocycles. The van der Waals surface area contributed by atoms with Crippen LogP contribution in [0.25, 0.3) is 22.6 Å². The summed E-state index contributed by atoms with van der Waals surface area (Å²) in [5.41, 5.74) is 0.900. The number of imidazole rings is 1. The molecule has 3 rings (SSSR count). The first-order valence-electron chi connectivity index (χ1n) is 9.04. The zero-order chi connectivity index (χ0) is 18.7. The van der Waals surface area contributed by atoms with Crippen molar-refractivity contribution in [2.75, 3.05) is 11.9 Å². The van der Waals surface area contributed by atoms with Crippen LogP contribution in [0.3, 0.4) is 0 Å². The number of nitrogens with one attached hydrogen (secondary N) is 2. The molecule has 3 heterocycles. The van der Waals surface area contributed by atoms with Gasteiger partial charge in [0, 0.05) is 31.4 Å². The molecule has 3 aromatic rings. The zero-order valence-electron chi connectivity index (χ0n) is 15.4. The minimum absolute atomic E-state index is 0.301. The fourth-order valence-corrected chi connectivity index (χ4v) is 2.97. The van der Waals surface area contributed by atoms with Crippen molar-refractivity contribution in [3.05, 3.63) is 39.2 Å². The molecule has 0 aliphatic carbocycles. The normalized spacial score (nSPS) is 11.2. The standard InChI is InChI=1S/C18H24N6O2/c1-4-9-23-16-14(17(25)24(10-5-2)18(23)26)21-15(22-16)12-7-8-13(19-6-3)20-11-12/h7-8,11H,4-6,9-10H2,1-3H3,(H,19,20)(H,21,22). The number of hydrogen-bond donors (Lipinski definition) is 2. The van der Waals surface area contributed by atoms with E-state index >= 15 is 0 Å². The second-order valence-corrected chi connectivity index (χ2v) is 6.14. The van der Waals surface area contributed by atoms with Crippen LogP contribution in [0.15, 0.2) is 27.9 Å². The van der Waals surface area contributed by atoms with Crippen LogP contribution in [0.2, 0.25) is 0 Å². The Labute approximate surface area is 150 Å². The topological polar surface area (TPSA) is 97.6 Å². The molecule has 0 spiro atoms. The smallest absolute Gasteiger partial charge is 0.332 e. The second-order valence-electron chi connectivity index (χ2n) is 6.14. The number of aromatic amines is 1. The van der Waals surface area contributed by atoms with Gasteiger partial charge >= 0.3 is 5.69 Å². The van der Waals surface area contributed by atoms with E-state index < -0.39 is 0 Å². The fourth-order valence-electron chi connectivity index (χ4n) is 2.97. The molecule has 3 aromatic heterocycles. The van der Waals surface area contributed by atoms with Crippen molar-refractivity contribution in [1.29, 1.82) is 0 Å². The highest BCUT2D eigenvalue weighted by atomic mass is 16.2. The summed E-state index contributed by atoms with van der Waals surface area (Å²) in [5, 5.41) is 3.14. The molecular formula is C18H24N6O2. The van der Waals surface area contributed by atoms with E-state index in [1.165, 1.54) is 4.57 Å². The average molecular weight is 356 g/mol. The van der Waals surface area contributed by atoms with Gasteiger partial charge in [-0.3, -0.25) is 13.9 Å². The van der Waals surface area contributed by atoms with E-state index in [-0.39, 0.29) is 11.2 Å². The average Bonchev–Trinajstić information content (AvgIpc) is 3.08. The van der Waals surface area contributed by atoms with Gasteiger partial charge in [-0.05, 0) is 31.9 Å². The number of hydrogen-bond acceptors (Lipinski definition) is 5. The Bertz CT molecular complexity index is 1010. The highest BCUT2D eigenvalue weighted by molar-refractivity contribution is 5.75. The van der Waals surface area contributed by atoms with E-state index in [9.17, 15) is 9.59 Å². The predicted octanol–water partition coefficient (Wildman–Crippen LogP) is 2.20. The number of pyridine rings is 1. The number of nitrogens with zero attached hydrogens (tertiary/aromatic N) is 4. The van der Waals surface area contributed by atoms with Crippen molar-refractivity contribution >= 4 is 17.0 Å². The molecule has 0 aliphatic heterocycles. The Balaban J connectivity index is 2.18. The molecule has 0 aromatic carbocycles. The number of H-pyrrole nitrogens is 1. The second kappa shape index (κ2) is 7.55. The van der Waals surface area contributed by atoms with E-state index in [0.717, 1.165) is 24.3 Å². The van der Waals surface area contributed by atoms with E-state index in [2.05, 4.69) is 20.3 Å². The van der Waals surface area contributed by atoms with Gasteiger partial charge in [-0.2, -0.15) is 0 Å². The van der Waals surface area contributed by atoms with Gasteiger partial charge in [0.05, 0.1) is 0 Å². The van der Waals surface area contributed by atoms with Gasteiger partial charge in [-0.1, -0.05) is 13.8 Å². The molecule has 0 aliphatic rings. The zero-order valence-corrected chi connectivity index (χ0v) is 15.4. The van der Waals surface area contributed by atoms with Crippen LogP contribution in [-0.4, -0.2) is 30.6 Å². The molecule has 0 atom stereocenters. The first-order chi connectivity index (χ1) is 12.6. The molecule has 0 amide bonds. The molecule has 138 valence electrons. The van der Waals surface area contributed by atoms with E-state index in [0.29, 0.717) is 36.5 Å². The summed E-state index contributed by atoms with van der Waals surface area (Å²) in [6.45, 7) is 7.63. The van der Waals surface area contributed by atoms with Gasteiger partial charge in [0.25, 0.3) is 5.56 Å². The monoisotopic (exact) mass is 356 g/mol. The third-order valence-corrected chi connectivity index (χ3v) is 4.15. The third kappa shape index (κ3) is 3.14. The Morgan fingerprint density at radius 2 is 1.81 bits per heavy atom. The lowest BCUT2D eigenvalue weighted by Crippen LogP contribution is -2.40. The molecule has 0 radical (unpaired) electrons. The molecule has 0 bridgehead atoms. The molecule has 8 nitrogen and oxygen atoms in total. The number of fused-ring (bicyclic) bond motifs is 1. The van der Waals surface area contributed by atoms with Crippen LogP contribution in [0.5, 0.6) is 0 Å². The number of aromatic nitrogens is 5. The van der Waals surface area contributed by atoms with Gasteiger partial charge in [0.15, 0.2) is 5.65 Å². The minimum Gasteiger partial charge on any atom is -0.370 e. The Hall–Kier alpha value is -2.90. The maximum Gasteiger partial charge on any atom is 0.332 e. The molecule has 2 N–H and O–H groups in total. The summed E-state index contributed by atoms with van der Waals surface area (Å²) in [7, 11) is 0. The van der Waals surface area contributed by atoms with E-state index in [4.69, 9.17) is 0 Å². The third-order valence-electron chi connectivity index (χ3n) is 4.15. The van der Waals surface area contributed by atoms with Gasteiger partial charge in [-0.15, -0.1) is 0 Å². The quantitative estimate of drug-likeness (QED) is 0.676. The van der Waals surface area contributed by atoms with Crippen LogP contribution in [0, 0.1) is 0 Å². The Kier molecular flexibility index (Phi) is 5.20. The lowest BCUT2D eigenvalue weighted by Gasteiger charge is -2.09. The van der Waals surface area contributed by atoms with Gasteiger partial charge in [0.1, 0.15) is 17.2 Å². The lowest BCUT2D eigenvalue weighted by molar-refractivity contribution is 0.555. The first-order valence-corrected chi connectivity index (χ1v) is 9.04. The van der Waals surface area contributed by atoms with Crippen molar-refractivity contribution in [3.63, 3.8) is 0 Å². The summed E-state index contributed by atoms with van der Waals surface area (Å²) in [6, 6.07) is 3.75. The van der Waals surface area contributed by atoms with Crippen molar-refractivity contribution in [2.24, 2.45) is 0 Å². The number of aryl methyl sites for hydroxylation is 1. The molecule has 0 fully saturated rings. The van der Waals surface area contributed by atoms with Crippen LogP contribution in [0.1, 0.15) is 33.6 Å². The van der Waals surface area contributed by atoms with Crippen LogP contribution >= 0.6 is 0 Å². The largest absolute Gasteiger partial charge is 0.370 e. The highest BCUT2D eigenvalue weighted by Crippen LogP contribution is 2.19. The van der Waals surface area contributed by atoms with Crippen molar-refractivity contribution in [1.82, 2.24) is 24.1 Å². The summed E-state index contributed by atoms with van der Waals surface area (Å²) in [4.78, 5) is 37.4. The Morgan fingerprint density at radius 3 is 2.42 bits per heavy atom. The minimum atomic E-state index is -0.324. The maximum absolute atomic E-state index is 12.7. The van der Waals surface area contributed by atoms with E-state index in [1.54, 1.807) is 10.8 Å². The lowest BCUT2D eigenvalue weighted by atomic mass is 10.2. The molecule has 26 heavy (non-hydrogen) atoms. The summed E-state index contributed by atoms with van der Waals surface area (Å²) in [5.74, 6) is 1.31. The van der Waals surface area contributed by atoms with Gasteiger partial charge in [0.2, 0.25) is 0 Å². The van der Waals surface area contributed by atoms with Gasteiger partial charge in [-0.25, -0.2) is 14.8 Å². The number of anilines is 1. The van der Waals surface area contributed by atoms with Crippen LogP contribution in [0.4, 0.5) is 5.82 Å². The first kappa shape index (κ1) is 17.9. The maximum atomic E-state index is 12.7. The van der Waals surface area contributed by atoms with Gasteiger partial charge < -0.3 is 10.3 Å². The summed E-state index contributed by atoms with van der Waals surface area (Å²) < 4.78 is 2.86. The number of rotatable bonds is 7. The van der Waals surface area contributed by atoms with E-state index in [1.807, 2.05) is 32.9 Å².